The van der Waals surface area contributed by atoms with E-state index in [1.807, 2.05) is 0 Å². The van der Waals surface area contributed by atoms with Gasteiger partial charge in [0, 0.05) is 51.6 Å². The molecule has 1 aliphatic heterocycles. The molecule has 3 amide bonds. The fraction of sp³-hybridized carbons (Fsp3) is 0.471. The number of piperazine rings is 1. The summed E-state index contributed by atoms with van der Waals surface area (Å²) in [6.45, 7) is 3.28. The number of alkyl halides is 3. The number of nitrogens with zero attached hydrogens (tertiary/aromatic N) is 2. The lowest BCUT2D eigenvalue weighted by molar-refractivity contribution is -0.274. The van der Waals surface area contributed by atoms with E-state index in [2.05, 4.69) is 10.1 Å². The standard InChI is InChI=1S/C17H20F3N3O4/c1-12(24)22-8-10-23(11-9-22)16(26)7-6-15(25)21-13-2-4-14(5-3-13)27-17(18,19)20/h2-5H,6-11H2,1H3,(H,21,25). The van der Waals surface area contributed by atoms with Crippen LogP contribution in [0.25, 0.3) is 0 Å². The lowest BCUT2D eigenvalue weighted by Crippen LogP contribution is -2.50. The predicted molar refractivity (Wildman–Crippen MR) is 89.8 cm³/mol. The Morgan fingerprint density at radius 2 is 1.56 bits per heavy atom. The molecule has 10 heteroatoms. The van der Waals surface area contributed by atoms with E-state index in [1.165, 1.54) is 19.1 Å². The Morgan fingerprint density at radius 1 is 1.00 bits per heavy atom. The van der Waals surface area contributed by atoms with E-state index < -0.39 is 12.3 Å². The molecule has 0 aliphatic carbocycles. The van der Waals surface area contributed by atoms with Gasteiger partial charge in [-0.3, -0.25) is 14.4 Å². The normalized spacial score (nSPS) is 14.7. The van der Waals surface area contributed by atoms with Gasteiger partial charge in [0.2, 0.25) is 17.7 Å². The van der Waals surface area contributed by atoms with Crippen LogP contribution in [-0.2, 0) is 14.4 Å². The number of carbonyl (C=O) groups is 3. The van der Waals surface area contributed by atoms with Crippen LogP contribution in [-0.4, -0.2) is 60.1 Å². The van der Waals surface area contributed by atoms with Crippen molar-refractivity contribution in [3.05, 3.63) is 24.3 Å². The third kappa shape index (κ3) is 6.80. The van der Waals surface area contributed by atoms with Gasteiger partial charge in [0.15, 0.2) is 0 Å². The first-order chi connectivity index (χ1) is 12.6. The molecule has 0 saturated carbocycles. The maximum atomic E-state index is 12.1. The van der Waals surface area contributed by atoms with E-state index >= 15 is 0 Å². The molecule has 1 fully saturated rings. The van der Waals surface area contributed by atoms with Crippen molar-refractivity contribution in [1.29, 1.82) is 0 Å². The van der Waals surface area contributed by atoms with Crippen molar-refractivity contribution < 1.29 is 32.3 Å². The van der Waals surface area contributed by atoms with Crippen molar-refractivity contribution in [3.63, 3.8) is 0 Å². The quantitative estimate of drug-likeness (QED) is 0.838. The molecule has 148 valence electrons. The van der Waals surface area contributed by atoms with Gasteiger partial charge in [-0.05, 0) is 24.3 Å². The second kappa shape index (κ2) is 8.74. The molecule has 0 aromatic heterocycles. The third-order valence-corrected chi connectivity index (χ3v) is 4.02. The van der Waals surface area contributed by atoms with Crippen LogP contribution in [0.1, 0.15) is 19.8 Å². The molecule has 2 rings (SSSR count). The molecule has 27 heavy (non-hydrogen) atoms. The number of amides is 3. The molecule has 1 aromatic rings. The molecule has 1 aromatic carbocycles. The van der Waals surface area contributed by atoms with Crippen LogP contribution in [0.4, 0.5) is 18.9 Å². The number of hydrogen-bond acceptors (Lipinski definition) is 4. The van der Waals surface area contributed by atoms with Crippen LogP contribution in [0, 0.1) is 0 Å². The first kappa shape index (κ1) is 20.5. The van der Waals surface area contributed by atoms with Gasteiger partial charge in [0.25, 0.3) is 0 Å². The zero-order valence-corrected chi connectivity index (χ0v) is 14.7. The monoisotopic (exact) mass is 387 g/mol. The second-order valence-electron chi connectivity index (χ2n) is 6.01. The molecule has 0 spiro atoms. The maximum Gasteiger partial charge on any atom is 0.573 e. The largest absolute Gasteiger partial charge is 0.573 e. The summed E-state index contributed by atoms with van der Waals surface area (Å²) in [7, 11) is 0. The Kier molecular flexibility index (Phi) is 6.65. The van der Waals surface area contributed by atoms with Crippen molar-refractivity contribution in [2.45, 2.75) is 26.1 Å². The maximum absolute atomic E-state index is 12.1. The van der Waals surface area contributed by atoms with Gasteiger partial charge in [0.1, 0.15) is 5.75 Å². The van der Waals surface area contributed by atoms with Crippen LogP contribution in [0.15, 0.2) is 24.3 Å². The molecule has 1 N–H and O–H groups in total. The lowest BCUT2D eigenvalue weighted by atomic mass is 10.2. The van der Waals surface area contributed by atoms with E-state index in [0.29, 0.717) is 31.9 Å². The van der Waals surface area contributed by atoms with Gasteiger partial charge in [-0.25, -0.2) is 0 Å². The highest BCUT2D eigenvalue weighted by Gasteiger charge is 2.31. The topological polar surface area (TPSA) is 79.0 Å². The summed E-state index contributed by atoms with van der Waals surface area (Å²) in [4.78, 5) is 38.6. The van der Waals surface area contributed by atoms with E-state index in [9.17, 15) is 27.6 Å². The minimum atomic E-state index is -4.78. The summed E-state index contributed by atoms with van der Waals surface area (Å²) < 4.78 is 40.0. The van der Waals surface area contributed by atoms with E-state index in [1.54, 1.807) is 9.80 Å². The molecule has 7 nitrogen and oxygen atoms in total. The highest BCUT2D eigenvalue weighted by atomic mass is 19.4. The fourth-order valence-corrected chi connectivity index (χ4v) is 2.61. The molecule has 0 unspecified atom stereocenters. The third-order valence-electron chi connectivity index (χ3n) is 4.02. The zero-order chi connectivity index (χ0) is 20.0. The van der Waals surface area contributed by atoms with Crippen molar-refractivity contribution in [1.82, 2.24) is 9.80 Å². The van der Waals surface area contributed by atoms with Gasteiger partial charge in [-0.1, -0.05) is 0 Å². The van der Waals surface area contributed by atoms with Crippen molar-refractivity contribution in [2.24, 2.45) is 0 Å². The Balaban J connectivity index is 1.74. The summed E-state index contributed by atoms with van der Waals surface area (Å²) in [5, 5.41) is 2.51. The van der Waals surface area contributed by atoms with Gasteiger partial charge in [-0.15, -0.1) is 13.2 Å². The summed E-state index contributed by atoms with van der Waals surface area (Å²) in [5.41, 5.74) is 0.303. The van der Waals surface area contributed by atoms with Crippen LogP contribution >= 0.6 is 0 Å². The minimum Gasteiger partial charge on any atom is -0.406 e. The first-order valence-corrected chi connectivity index (χ1v) is 8.33. The Bertz CT molecular complexity index is 684. The van der Waals surface area contributed by atoms with Gasteiger partial charge >= 0.3 is 6.36 Å². The summed E-state index contributed by atoms with van der Waals surface area (Å²) in [6.07, 6.45) is -4.81. The molecule has 0 atom stereocenters. The van der Waals surface area contributed by atoms with Crippen molar-refractivity contribution in [2.75, 3.05) is 31.5 Å². The SMILES string of the molecule is CC(=O)N1CCN(C(=O)CCC(=O)Nc2ccc(OC(F)(F)F)cc2)CC1. The molecular formula is C17H20F3N3O4. The van der Waals surface area contributed by atoms with Gasteiger partial charge in [-0.2, -0.15) is 0 Å². The van der Waals surface area contributed by atoms with Gasteiger partial charge < -0.3 is 19.9 Å². The van der Waals surface area contributed by atoms with Crippen LogP contribution in [0.2, 0.25) is 0 Å². The minimum absolute atomic E-state index is 0.0151. The number of nitrogens with one attached hydrogen (secondary N) is 1. The zero-order valence-electron chi connectivity index (χ0n) is 14.7. The average Bonchev–Trinajstić information content (AvgIpc) is 2.60. The number of anilines is 1. The second-order valence-corrected chi connectivity index (χ2v) is 6.01. The number of rotatable bonds is 5. The molecule has 0 radical (unpaired) electrons. The Hall–Kier alpha value is -2.78. The summed E-state index contributed by atoms with van der Waals surface area (Å²) in [5.74, 6) is -1.02. The number of carbonyl (C=O) groups excluding carboxylic acids is 3. The predicted octanol–water partition coefficient (Wildman–Crippen LogP) is 1.99. The van der Waals surface area contributed by atoms with Crippen molar-refractivity contribution in [3.8, 4) is 5.75 Å². The Morgan fingerprint density at radius 3 is 2.07 bits per heavy atom. The smallest absolute Gasteiger partial charge is 0.406 e. The molecule has 1 saturated heterocycles. The van der Waals surface area contributed by atoms with Gasteiger partial charge in [0.05, 0.1) is 0 Å². The number of halogens is 3. The number of ether oxygens (including phenoxy) is 1. The van der Waals surface area contributed by atoms with E-state index in [-0.39, 0.29) is 30.4 Å². The van der Waals surface area contributed by atoms with Crippen LogP contribution < -0.4 is 10.1 Å². The number of hydrogen-bond donors (Lipinski definition) is 1. The summed E-state index contributed by atoms with van der Waals surface area (Å²) >= 11 is 0. The van der Waals surface area contributed by atoms with Crippen LogP contribution in [0.5, 0.6) is 5.75 Å². The highest BCUT2D eigenvalue weighted by molar-refractivity contribution is 5.93. The lowest BCUT2D eigenvalue weighted by Gasteiger charge is -2.34. The van der Waals surface area contributed by atoms with E-state index in [4.69, 9.17) is 0 Å². The average molecular weight is 387 g/mol. The molecular weight excluding hydrogens is 367 g/mol. The molecule has 1 aliphatic rings. The first-order valence-electron chi connectivity index (χ1n) is 8.33. The van der Waals surface area contributed by atoms with Crippen molar-refractivity contribution >= 4 is 23.4 Å². The Labute approximate surface area is 154 Å². The summed E-state index contributed by atoms with van der Waals surface area (Å²) in [6, 6.07) is 4.73. The molecule has 0 bridgehead atoms. The fourth-order valence-electron chi connectivity index (χ4n) is 2.61. The highest BCUT2D eigenvalue weighted by Crippen LogP contribution is 2.24. The van der Waals surface area contributed by atoms with E-state index in [0.717, 1.165) is 12.1 Å². The molecule has 1 heterocycles. The van der Waals surface area contributed by atoms with Crippen LogP contribution in [0.3, 0.4) is 0 Å². The number of benzene rings is 1.